The number of hydrogen-bond acceptors (Lipinski definition) is 5. The number of pyridine rings is 1. The molecule has 1 aromatic heterocycles. The molecule has 0 saturated carbocycles. The van der Waals surface area contributed by atoms with Crippen molar-refractivity contribution in [1.82, 2.24) is 15.2 Å². The number of nitrogens with zero attached hydrogens (tertiary/aromatic N) is 2. The van der Waals surface area contributed by atoms with Crippen LogP contribution in [0.1, 0.15) is 27.1 Å². The molecule has 0 unspecified atom stereocenters. The summed E-state index contributed by atoms with van der Waals surface area (Å²) >= 11 is 0. The van der Waals surface area contributed by atoms with Crippen molar-refractivity contribution in [3.63, 3.8) is 0 Å². The number of nitrogens with one attached hydrogen (secondary N) is 1. The molecule has 0 fully saturated rings. The minimum atomic E-state index is -0.437. The summed E-state index contributed by atoms with van der Waals surface area (Å²) in [5, 5.41) is 3.72. The second kappa shape index (κ2) is 8.10. The average Bonchev–Trinajstić information content (AvgIpc) is 2.99. The molecule has 0 atom stereocenters. The Morgan fingerprint density at radius 1 is 0.966 bits per heavy atom. The molecular formula is C22H19N3O4. The molecule has 0 radical (unpaired) electrons. The molecule has 7 heteroatoms. The maximum absolute atomic E-state index is 12.3. The topological polar surface area (TPSA) is 88.6 Å². The molecule has 4 rings (SSSR count). The number of rotatable bonds is 7. The number of carbonyl (C=O) groups excluding carboxylic acids is 3. The van der Waals surface area contributed by atoms with Crippen LogP contribution >= 0.6 is 0 Å². The van der Waals surface area contributed by atoms with Crippen molar-refractivity contribution >= 4 is 28.6 Å². The highest BCUT2D eigenvalue weighted by Gasteiger charge is 2.36. The van der Waals surface area contributed by atoms with Gasteiger partial charge in [-0.2, -0.15) is 0 Å². The number of carbonyl (C=O) groups is 3. The number of ether oxygens (including phenoxy) is 1. The molecule has 146 valence electrons. The van der Waals surface area contributed by atoms with Gasteiger partial charge in [-0.3, -0.25) is 24.3 Å². The number of aromatic nitrogens is 1. The van der Waals surface area contributed by atoms with Crippen LogP contribution in [0.15, 0.2) is 60.8 Å². The minimum absolute atomic E-state index is 0.291. The highest BCUT2D eigenvalue weighted by atomic mass is 16.5. The molecule has 0 saturated heterocycles. The minimum Gasteiger partial charge on any atom is -0.491 e. The highest BCUT2D eigenvalue weighted by molar-refractivity contribution is 6.22. The Bertz CT molecular complexity index is 1060. The van der Waals surface area contributed by atoms with Crippen LogP contribution < -0.4 is 10.1 Å². The Hall–Kier alpha value is -3.74. The highest BCUT2D eigenvalue weighted by Crippen LogP contribution is 2.23. The number of amides is 3. The Labute approximate surface area is 167 Å². The van der Waals surface area contributed by atoms with Crippen LogP contribution in [0.5, 0.6) is 5.75 Å². The molecule has 7 nitrogen and oxygen atoms in total. The number of hydrogen-bond donors (Lipinski definition) is 1. The smallest absolute Gasteiger partial charge is 0.262 e. The van der Waals surface area contributed by atoms with E-state index in [-0.39, 0.29) is 12.5 Å². The van der Waals surface area contributed by atoms with Crippen molar-refractivity contribution in [1.29, 1.82) is 0 Å². The van der Waals surface area contributed by atoms with E-state index >= 15 is 0 Å². The van der Waals surface area contributed by atoms with Crippen LogP contribution in [0.3, 0.4) is 0 Å². The maximum atomic E-state index is 12.3. The van der Waals surface area contributed by atoms with E-state index in [1.54, 1.807) is 30.5 Å². The first-order valence-corrected chi connectivity index (χ1v) is 9.33. The fraction of sp³-hybridized carbons (Fsp3) is 0.182. The van der Waals surface area contributed by atoms with E-state index in [0.29, 0.717) is 36.4 Å². The van der Waals surface area contributed by atoms with Gasteiger partial charge in [0.25, 0.3) is 11.8 Å². The summed E-state index contributed by atoms with van der Waals surface area (Å²) in [6.45, 7) is 0.490. The van der Waals surface area contributed by atoms with E-state index in [4.69, 9.17) is 4.74 Å². The van der Waals surface area contributed by atoms with E-state index in [0.717, 1.165) is 15.8 Å². The normalized spacial score (nSPS) is 12.9. The van der Waals surface area contributed by atoms with Crippen molar-refractivity contribution in [3.05, 3.63) is 71.9 Å². The monoisotopic (exact) mass is 389 g/mol. The van der Waals surface area contributed by atoms with Crippen molar-refractivity contribution in [2.75, 3.05) is 19.7 Å². The van der Waals surface area contributed by atoms with Gasteiger partial charge in [0.2, 0.25) is 5.91 Å². The van der Waals surface area contributed by atoms with E-state index in [1.165, 1.54) is 0 Å². The third-order valence-corrected chi connectivity index (χ3v) is 4.68. The van der Waals surface area contributed by atoms with Crippen molar-refractivity contribution < 1.29 is 19.1 Å². The maximum Gasteiger partial charge on any atom is 0.262 e. The van der Waals surface area contributed by atoms with Gasteiger partial charge in [0, 0.05) is 18.1 Å². The molecule has 0 bridgehead atoms. The SMILES string of the molecule is O=C(CN1C(=O)c2ccccc2C1=O)NCCCOc1cccc2cccnc12. The van der Waals surface area contributed by atoms with Gasteiger partial charge in [0.1, 0.15) is 17.8 Å². The standard InChI is InChI=1S/C22H19N3O4/c26-19(14-25-21(27)16-8-1-2-9-17(16)22(25)28)23-12-5-13-29-18-10-3-6-15-7-4-11-24-20(15)18/h1-4,6-11H,5,12-14H2,(H,23,26). The van der Waals surface area contributed by atoms with Gasteiger partial charge >= 0.3 is 0 Å². The fourth-order valence-electron chi connectivity index (χ4n) is 3.26. The first kappa shape index (κ1) is 18.6. The number of imide groups is 1. The first-order valence-electron chi connectivity index (χ1n) is 9.33. The quantitative estimate of drug-likeness (QED) is 0.495. The lowest BCUT2D eigenvalue weighted by Crippen LogP contribution is -2.40. The molecule has 2 aromatic carbocycles. The first-order chi connectivity index (χ1) is 14.1. The predicted octanol–water partition coefficient (Wildman–Crippen LogP) is 2.42. The summed E-state index contributed by atoms with van der Waals surface area (Å²) in [6.07, 6.45) is 2.30. The predicted molar refractivity (Wildman–Crippen MR) is 107 cm³/mol. The summed E-state index contributed by atoms with van der Waals surface area (Å²) in [6, 6.07) is 16.1. The lowest BCUT2D eigenvalue weighted by molar-refractivity contribution is -0.121. The van der Waals surface area contributed by atoms with Crippen molar-refractivity contribution in [2.24, 2.45) is 0 Å². The lowest BCUT2D eigenvalue weighted by atomic mass is 10.1. The summed E-state index contributed by atoms with van der Waals surface area (Å²) < 4.78 is 5.78. The second-order valence-corrected chi connectivity index (χ2v) is 6.63. The van der Waals surface area contributed by atoms with Crippen LogP contribution in [-0.2, 0) is 4.79 Å². The van der Waals surface area contributed by atoms with Gasteiger partial charge in [-0.25, -0.2) is 0 Å². The van der Waals surface area contributed by atoms with E-state index in [9.17, 15) is 14.4 Å². The summed E-state index contributed by atoms with van der Waals surface area (Å²) in [5.74, 6) is -0.563. The van der Waals surface area contributed by atoms with Gasteiger partial charge in [0.05, 0.1) is 17.7 Å². The largest absolute Gasteiger partial charge is 0.491 e. The molecule has 3 amide bonds. The van der Waals surface area contributed by atoms with Crippen molar-refractivity contribution in [3.8, 4) is 5.75 Å². The Morgan fingerprint density at radius 3 is 2.45 bits per heavy atom. The molecule has 3 aromatic rings. The fourth-order valence-corrected chi connectivity index (χ4v) is 3.26. The molecule has 0 spiro atoms. The number of benzene rings is 2. The van der Waals surface area contributed by atoms with Gasteiger partial charge in [-0.05, 0) is 30.7 Å². The Balaban J connectivity index is 1.24. The summed E-state index contributed by atoms with van der Waals surface area (Å²) in [5.41, 5.74) is 1.47. The second-order valence-electron chi connectivity index (χ2n) is 6.63. The molecule has 0 aliphatic carbocycles. The molecule has 1 aliphatic heterocycles. The lowest BCUT2D eigenvalue weighted by Gasteiger charge is -2.14. The molecule has 2 heterocycles. The van der Waals surface area contributed by atoms with Gasteiger partial charge in [-0.1, -0.05) is 30.3 Å². The van der Waals surface area contributed by atoms with Crippen LogP contribution in [0.2, 0.25) is 0 Å². The van der Waals surface area contributed by atoms with Gasteiger partial charge < -0.3 is 10.1 Å². The van der Waals surface area contributed by atoms with Crippen LogP contribution in [0, 0.1) is 0 Å². The summed E-state index contributed by atoms with van der Waals surface area (Å²) in [7, 11) is 0. The van der Waals surface area contributed by atoms with Gasteiger partial charge in [-0.15, -0.1) is 0 Å². The van der Waals surface area contributed by atoms with Crippen molar-refractivity contribution in [2.45, 2.75) is 6.42 Å². The zero-order valence-electron chi connectivity index (χ0n) is 15.6. The number of fused-ring (bicyclic) bond motifs is 2. The number of para-hydroxylation sites is 1. The van der Waals surface area contributed by atoms with E-state index < -0.39 is 11.8 Å². The summed E-state index contributed by atoms with van der Waals surface area (Å²) in [4.78, 5) is 42.0. The average molecular weight is 389 g/mol. The molecular weight excluding hydrogens is 370 g/mol. The molecule has 1 aliphatic rings. The van der Waals surface area contributed by atoms with E-state index in [2.05, 4.69) is 10.3 Å². The Kier molecular flexibility index (Phi) is 5.20. The molecule has 29 heavy (non-hydrogen) atoms. The third-order valence-electron chi connectivity index (χ3n) is 4.68. The zero-order chi connectivity index (χ0) is 20.2. The van der Waals surface area contributed by atoms with Crippen LogP contribution in [0.25, 0.3) is 10.9 Å². The third kappa shape index (κ3) is 3.80. The van der Waals surface area contributed by atoms with E-state index in [1.807, 2.05) is 30.3 Å². The van der Waals surface area contributed by atoms with Gasteiger partial charge in [0.15, 0.2) is 0 Å². The van der Waals surface area contributed by atoms with Crippen LogP contribution in [0.4, 0.5) is 0 Å². The zero-order valence-corrected chi connectivity index (χ0v) is 15.6. The Morgan fingerprint density at radius 2 is 1.69 bits per heavy atom. The molecule has 1 N–H and O–H groups in total. The van der Waals surface area contributed by atoms with Crippen LogP contribution in [-0.4, -0.2) is 47.3 Å².